The summed E-state index contributed by atoms with van der Waals surface area (Å²) in [5, 5.41) is 0.360. The highest BCUT2D eigenvalue weighted by Gasteiger charge is 2.50. The fourth-order valence-corrected chi connectivity index (χ4v) is 6.64. The van der Waals surface area contributed by atoms with Crippen LogP contribution < -0.4 is 5.73 Å². The number of nitrogens with zero attached hydrogens (tertiary/aromatic N) is 1. The normalized spacial score (nSPS) is 28.7. The van der Waals surface area contributed by atoms with Crippen LogP contribution in [0.2, 0.25) is 0 Å². The van der Waals surface area contributed by atoms with E-state index in [9.17, 15) is 12.8 Å². The van der Waals surface area contributed by atoms with Gasteiger partial charge in [0.1, 0.15) is 6.04 Å². The van der Waals surface area contributed by atoms with Crippen molar-refractivity contribution < 1.29 is 17.4 Å². The number of thioether (sulfide) groups is 1. The smallest absolute Gasteiger partial charge is 0.281 e. The molecule has 1 fully saturated rings. The van der Waals surface area contributed by atoms with E-state index in [4.69, 9.17) is 5.73 Å². The Morgan fingerprint density at radius 2 is 2.16 bits per heavy atom. The summed E-state index contributed by atoms with van der Waals surface area (Å²) in [5.74, 6) is -0.277. The molecule has 0 amide bonds. The zero-order chi connectivity index (χ0) is 13.8. The van der Waals surface area contributed by atoms with Crippen molar-refractivity contribution in [2.24, 2.45) is 5.73 Å². The number of amidine groups is 1. The highest BCUT2D eigenvalue weighted by atomic mass is 79.9. The molecule has 102 valence electrons. The second kappa shape index (κ2) is 4.46. The van der Waals surface area contributed by atoms with Crippen LogP contribution in [0.3, 0.4) is 0 Å². The van der Waals surface area contributed by atoms with Gasteiger partial charge in [0.2, 0.25) is 0 Å². The molecule has 0 saturated carbocycles. The van der Waals surface area contributed by atoms with Gasteiger partial charge in [0, 0.05) is 4.47 Å². The first-order valence-electron chi connectivity index (χ1n) is 5.61. The van der Waals surface area contributed by atoms with Crippen molar-refractivity contribution in [3.63, 3.8) is 0 Å². The molecule has 4 nitrogen and oxygen atoms in total. The van der Waals surface area contributed by atoms with Crippen molar-refractivity contribution in [1.82, 2.24) is 0 Å². The third kappa shape index (κ3) is 2.30. The Labute approximate surface area is 122 Å². The quantitative estimate of drug-likeness (QED) is 0.765. The first-order valence-corrected chi connectivity index (χ1v) is 9.10. The zero-order valence-corrected chi connectivity index (χ0v) is 12.9. The van der Waals surface area contributed by atoms with Gasteiger partial charge >= 0.3 is 5.17 Å². The second-order valence-electron chi connectivity index (χ2n) is 4.60. The van der Waals surface area contributed by atoms with E-state index in [0.717, 1.165) is 0 Å². The van der Waals surface area contributed by atoms with Crippen molar-refractivity contribution in [1.29, 1.82) is 0 Å². The van der Waals surface area contributed by atoms with Crippen LogP contribution in [-0.4, -0.2) is 41.0 Å². The van der Waals surface area contributed by atoms with E-state index >= 15 is 0 Å². The van der Waals surface area contributed by atoms with E-state index in [1.807, 2.05) is 0 Å². The Bertz CT molecular complexity index is 690. The highest BCUT2D eigenvalue weighted by molar-refractivity contribution is 9.10. The molecule has 0 aliphatic carbocycles. The Morgan fingerprint density at radius 3 is 2.84 bits per heavy atom. The van der Waals surface area contributed by atoms with Crippen LogP contribution in [0.5, 0.6) is 0 Å². The van der Waals surface area contributed by atoms with Crippen LogP contribution in [0.25, 0.3) is 0 Å². The molecule has 0 aromatic heterocycles. The molecule has 1 aromatic carbocycles. The summed E-state index contributed by atoms with van der Waals surface area (Å²) in [6, 6.07) is 4.41. The minimum Gasteiger partial charge on any atom is -0.281 e. The molecule has 1 aromatic rings. The maximum Gasteiger partial charge on any atom is 0.310 e. The van der Waals surface area contributed by atoms with Crippen molar-refractivity contribution in [2.45, 2.75) is 11.3 Å². The lowest BCUT2D eigenvalue weighted by molar-refractivity contribution is -0.472. The molecule has 1 saturated heterocycles. The summed E-state index contributed by atoms with van der Waals surface area (Å²) in [6.45, 7) is 0. The Kier molecular flexibility index (Phi) is 3.14. The van der Waals surface area contributed by atoms with Crippen LogP contribution in [0, 0.1) is 5.82 Å². The van der Waals surface area contributed by atoms with Gasteiger partial charge in [0.05, 0.1) is 16.8 Å². The lowest BCUT2D eigenvalue weighted by atomic mass is 10.2. The molecule has 19 heavy (non-hydrogen) atoms. The zero-order valence-electron chi connectivity index (χ0n) is 9.71. The molecular weight excluding hydrogens is 355 g/mol. The molecule has 2 aliphatic heterocycles. The van der Waals surface area contributed by atoms with Gasteiger partial charge in [-0.3, -0.25) is 5.73 Å². The standard InChI is InChI=1S/C11H10BrFN2O2S2/c12-6-1-2-8(7(13)3-6)15-9-4-19(16,17)5-10(9)18-11(15)14/h1-3,9-10,14H,4-5H2/p+1. The molecule has 0 spiro atoms. The number of rotatable bonds is 1. The summed E-state index contributed by atoms with van der Waals surface area (Å²) in [6.07, 6.45) is 0. The monoisotopic (exact) mass is 365 g/mol. The van der Waals surface area contributed by atoms with Crippen molar-refractivity contribution in [3.8, 4) is 0 Å². The average Bonchev–Trinajstić information content (AvgIpc) is 2.70. The van der Waals surface area contributed by atoms with Crippen molar-refractivity contribution in [3.05, 3.63) is 28.5 Å². The van der Waals surface area contributed by atoms with Gasteiger partial charge in [-0.05, 0) is 30.0 Å². The van der Waals surface area contributed by atoms with Crippen molar-refractivity contribution >= 4 is 48.4 Å². The number of fused-ring (bicyclic) bond motifs is 1. The first-order chi connectivity index (χ1) is 8.87. The Balaban J connectivity index is 2.07. The van der Waals surface area contributed by atoms with Crippen LogP contribution in [0.4, 0.5) is 10.1 Å². The van der Waals surface area contributed by atoms with Crippen LogP contribution in [-0.2, 0) is 9.84 Å². The maximum atomic E-state index is 14.0. The van der Waals surface area contributed by atoms with E-state index < -0.39 is 15.7 Å². The van der Waals surface area contributed by atoms with E-state index in [2.05, 4.69) is 15.9 Å². The predicted octanol–water partition coefficient (Wildman–Crippen LogP) is 1.46. The van der Waals surface area contributed by atoms with E-state index in [1.165, 1.54) is 17.8 Å². The van der Waals surface area contributed by atoms with Crippen molar-refractivity contribution in [2.75, 3.05) is 11.5 Å². The van der Waals surface area contributed by atoms with Crippen LogP contribution >= 0.6 is 27.7 Å². The van der Waals surface area contributed by atoms with E-state index in [0.29, 0.717) is 15.3 Å². The molecule has 2 aliphatic rings. The number of benzene rings is 1. The lowest BCUT2D eigenvalue weighted by Gasteiger charge is -2.11. The highest BCUT2D eigenvalue weighted by Crippen LogP contribution is 2.37. The number of halogens is 2. The van der Waals surface area contributed by atoms with Gasteiger partial charge in [0.15, 0.2) is 21.3 Å². The van der Waals surface area contributed by atoms with Gasteiger partial charge < -0.3 is 0 Å². The van der Waals surface area contributed by atoms with Gasteiger partial charge in [-0.2, -0.15) is 0 Å². The molecule has 2 N–H and O–H groups in total. The fourth-order valence-electron chi connectivity index (χ4n) is 2.50. The topological polar surface area (TPSA) is 63.2 Å². The molecule has 0 radical (unpaired) electrons. The minimum absolute atomic E-state index is 0.0286. The van der Waals surface area contributed by atoms with E-state index in [-0.39, 0.29) is 22.8 Å². The summed E-state index contributed by atoms with van der Waals surface area (Å²) in [4.78, 5) is 0. The summed E-state index contributed by atoms with van der Waals surface area (Å²) in [7, 11) is -3.05. The average molecular weight is 366 g/mol. The molecule has 8 heteroatoms. The largest absolute Gasteiger partial charge is 0.310 e. The number of hydrogen-bond acceptors (Lipinski definition) is 4. The van der Waals surface area contributed by atoms with Gasteiger partial charge in [0.25, 0.3) is 0 Å². The van der Waals surface area contributed by atoms with Crippen LogP contribution in [0.1, 0.15) is 0 Å². The summed E-state index contributed by atoms with van der Waals surface area (Å²) >= 11 is 4.51. The van der Waals surface area contributed by atoms with Gasteiger partial charge in [-0.25, -0.2) is 17.4 Å². The van der Waals surface area contributed by atoms with E-state index in [1.54, 1.807) is 16.7 Å². The van der Waals surface area contributed by atoms with Gasteiger partial charge in [-0.1, -0.05) is 15.9 Å². The van der Waals surface area contributed by atoms with Gasteiger partial charge in [-0.15, -0.1) is 0 Å². The fraction of sp³-hybridized carbons (Fsp3) is 0.364. The minimum atomic E-state index is -3.05. The molecular formula is C11H11BrFN2O2S2+. The third-order valence-electron chi connectivity index (χ3n) is 3.28. The first kappa shape index (κ1) is 13.4. The summed E-state index contributed by atoms with van der Waals surface area (Å²) < 4.78 is 39.6. The molecule has 0 bridgehead atoms. The predicted molar refractivity (Wildman–Crippen MR) is 77.0 cm³/mol. The molecule has 2 heterocycles. The Hall–Kier alpha value is -0.600. The Morgan fingerprint density at radius 1 is 1.42 bits per heavy atom. The SMILES string of the molecule is NC1=[N+](c2ccc(Br)cc2F)C2CS(=O)(=O)CC2S1. The third-order valence-corrected chi connectivity index (χ3v) is 6.92. The number of hydrogen-bond donors (Lipinski definition) is 1. The molecule has 2 unspecified atom stereocenters. The second-order valence-corrected chi connectivity index (χ2v) is 8.93. The molecule has 2 atom stereocenters. The maximum absolute atomic E-state index is 14.0. The summed E-state index contributed by atoms with van der Waals surface area (Å²) in [5.41, 5.74) is 6.26. The van der Waals surface area contributed by atoms with Crippen LogP contribution in [0.15, 0.2) is 22.7 Å². The molecule has 3 rings (SSSR count). The number of nitrogens with two attached hydrogens (primary N) is 1. The lowest BCUT2D eigenvalue weighted by Crippen LogP contribution is -2.30. The number of sulfone groups is 1.